The number of aliphatic hydroxyl groups is 1. The van der Waals surface area contributed by atoms with Crippen LogP contribution in [0.5, 0.6) is 0 Å². The molecule has 0 saturated heterocycles. The fourth-order valence-corrected chi connectivity index (χ4v) is 8.12. The average molecular weight is 515 g/mol. The molecule has 0 amide bonds. The molecule has 1 aliphatic rings. The molecule has 1 fully saturated rings. The summed E-state index contributed by atoms with van der Waals surface area (Å²) in [5.41, 5.74) is 4.67. The van der Waals surface area contributed by atoms with E-state index in [4.69, 9.17) is 9.47 Å². The van der Waals surface area contributed by atoms with E-state index in [0.29, 0.717) is 32.3 Å². The van der Waals surface area contributed by atoms with Crippen LogP contribution >= 0.6 is 0 Å². The molecule has 0 radical (unpaired) electrons. The van der Waals surface area contributed by atoms with Crippen molar-refractivity contribution in [2.24, 2.45) is 11.3 Å². The van der Waals surface area contributed by atoms with Gasteiger partial charge in [-0.1, -0.05) is 123 Å². The normalized spacial score (nSPS) is 19.5. The van der Waals surface area contributed by atoms with Gasteiger partial charge in [0.2, 0.25) is 0 Å². The lowest BCUT2D eigenvalue weighted by Gasteiger charge is -2.31. The second-order valence-corrected chi connectivity index (χ2v) is 16.8. The highest BCUT2D eigenvalue weighted by Gasteiger charge is 2.44. The summed E-state index contributed by atoms with van der Waals surface area (Å²) in [5, 5.41) is 12.9. The standard InChI is InChI=1S/C33H42O3Si/c1-26-20-33(24-35-22-27-14-8-5-9-15-27,25-36-23-28-16-10-6-11-17-28)21-30(26)32(37(2,3)4)31(34)29-18-12-7-13-19-29/h5-19,26,31,34H,20-25H2,1-4H3/b32-30+/t26-,31-/m1/s1. The van der Waals surface area contributed by atoms with E-state index in [1.807, 2.05) is 42.5 Å². The van der Waals surface area contributed by atoms with Crippen LogP contribution < -0.4 is 0 Å². The van der Waals surface area contributed by atoms with Crippen molar-refractivity contribution in [1.29, 1.82) is 0 Å². The fourth-order valence-electron chi connectivity index (χ4n) is 5.83. The van der Waals surface area contributed by atoms with Crippen LogP contribution in [0.25, 0.3) is 0 Å². The maximum absolute atomic E-state index is 11.6. The van der Waals surface area contributed by atoms with E-state index in [1.165, 1.54) is 21.9 Å². The molecule has 0 unspecified atom stereocenters. The Balaban J connectivity index is 1.59. The van der Waals surface area contributed by atoms with E-state index in [0.717, 1.165) is 18.4 Å². The van der Waals surface area contributed by atoms with Crippen molar-refractivity contribution in [2.45, 2.75) is 58.7 Å². The van der Waals surface area contributed by atoms with E-state index >= 15 is 0 Å². The number of ether oxygens (including phenoxy) is 2. The zero-order valence-electron chi connectivity index (χ0n) is 22.8. The predicted molar refractivity (Wildman–Crippen MR) is 155 cm³/mol. The molecule has 3 nitrogen and oxygen atoms in total. The Kier molecular flexibility index (Phi) is 9.20. The number of allylic oxidation sites excluding steroid dienone is 1. The van der Waals surface area contributed by atoms with Crippen molar-refractivity contribution in [3.05, 3.63) is 118 Å². The second-order valence-electron chi connectivity index (χ2n) is 11.7. The molecule has 1 N–H and O–H groups in total. The Morgan fingerprint density at radius 1 is 0.811 bits per heavy atom. The van der Waals surface area contributed by atoms with Crippen LogP contribution in [0, 0.1) is 11.3 Å². The van der Waals surface area contributed by atoms with E-state index in [1.54, 1.807) is 0 Å². The average Bonchev–Trinajstić information content (AvgIpc) is 3.20. The van der Waals surface area contributed by atoms with Gasteiger partial charge in [-0.15, -0.1) is 0 Å². The van der Waals surface area contributed by atoms with Gasteiger partial charge in [0.05, 0.1) is 40.6 Å². The third-order valence-electron chi connectivity index (χ3n) is 7.48. The number of hydrogen-bond donors (Lipinski definition) is 1. The minimum atomic E-state index is -1.82. The van der Waals surface area contributed by atoms with Crippen LogP contribution in [-0.2, 0) is 22.7 Å². The highest BCUT2D eigenvalue weighted by atomic mass is 28.3. The molecule has 0 aliphatic heterocycles. The van der Waals surface area contributed by atoms with Crippen LogP contribution in [0.2, 0.25) is 19.6 Å². The molecule has 0 heterocycles. The fraction of sp³-hybridized carbons (Fsp3) is 0.394. The molecule has 196 valence electrons. The first kappa shape index (κ1) is 27.5. The summed E-state index contributed by atoms with van der Waals surface area (Å²) >= 11 is 0. The van der Waals surface area contributed by atoms with Crippen molar-refractivity contribution >= 4 is 8.07 Å². The first-order valence-corrected chi connectivity index (χ1v) is 17.0. The number of rotatable bonds is 11. The Bertz CT molecular complexity index is 1090. The summed E-state index contributed by atoms with van der Waals surface area (Å²) in [6.07, 6.45) is 1.35. The number of benzene rings is 3. The van der Waals surface area contributed by atoms with Crippen molar-refractivity contribution in [2.75, 3.05) is 13.2 Å². The summed E-state index contributed by atoms with van der Waals surface area (Å²) in [4.78, 5) is 0. The van der Waals surface area contributed by atoms with Crippen LogP contribution in [0.4, 0.5) is 0 Å². The highest BCUT2D eigenvalue weighted by Crippen LogP contribution is 2.50. The highest BCUT2D eigenvalue weighted by molar-refractivity contribution is 6.83. The van der Waals surface area contributed by atoms with E-state index in [9.17, 15) is 5.11 Å². The summed E-state index contributed by atoms with van der Waals surface area (Å²) in [7, 11) is -1.82. The predicted octanol–water partition coefficient (Wildman–Crippen LogP) is 7.74. The second kappa shape index (κ2) is 12.4. The SMILES string of the molecule is C[C@@H]1CC(COCc2ccccc2)(COCc2ccccc2)C/C1=C(/[C@H](O)c1ccccc1)[Si](C)(C)C. The van der Waals surface area contributed by atoms with Crippen molar-refractivity contribution in [3.63, 3.8) is 0 Å². The molecule has 1 saturated carbocycles. The molecule has 3 aromatic carbocycles. The summed E-state index contributed by atoms with van der Waals surface area (Å²) in [6, 6.07) is 30.9. The number of hydrogen-bond acceptors (Lipinski definition) is 3. The van der Waals surface area contributed by atoms with Crippen molar-refractivity contribution in [3.8, 4) is 0 Å². The maximum Gasteiger partial charge on any atom is 0.0968 e. The van der Waals surface area contributed by atoms with Crippen LogP contribution in [-0.4, -0.2) is 26.4 Å². The van der Waals surface area contributed by atoms with Gasteiger partial charge in [0.15, 0.2) is 0 Å². The zero-order chi connectivity index (χ0) is 26.3. The van der Waals surface area contributed by atoms with E-state index < -0.39 is 14.2 Å². The summed E-state index contributed by atoms with van der Waals surface area (Å²) in [6.45, 7) is 11.9. The summed E-state index contributed by atoms with van der Waals surface area (Å²) < 4.78 is 12.7. The molecular weight excluding hydrogens is 472 g/mol. The number of aliphatic hydroxyl groups excluding tert-OH is 1. The van der Waals surface area contributed by atoms with Crippen molar-refractivity contribution in [1.82, 2.24) is 0 Å². The van der Waals surface area contributed by atoms with Crippen LogP contribution in [0.3, 0.4) is 0 Å². The van der Waals surface area contributed by atoms with Gasteiger partial charge in [0, 0.05) is 5.41 Å². The topological polar surface area (TPSA) is 38.7 Å². The monoisotopic (exact) mass is 514 g/mol. The van der Waals surface area contributed by atoms with Gasteiger partial charge >= 0.3 is 0 Å². The van der Waals surface area contributed by atoms with Crippen molar-refractivity contribution < 1.29 is 14.6 Å². The Morgan fingerprint density at radius 3 is 1.73 bits per heavy atom. The van der Waals surface area contributed by atoms with Crippen LogP contribution in [0.15, 0.2) is 102 Å². The van der Waals surface area contributed by atoms with Gasteiger partial charge in [0.1, 0.15) is 0 Å². The molecule has 3 aromatic rings. The molecule has 0 aromatic heterocycles. The largest absolute Gasteiger partial charge is 0.384 e. The molecule has 0 bridgehead atoms. The quantitative estimate of drug-likeness (QED) is 0.266. The van der Waals surface area contributed by atoms with Gasteiger partial charge in [-0.05, 0) is 40.6 Å². The molecular formula is C33H42O3Si. The lowest BCUT2D eigenvalue weighted by atomic mass is 9.87. The molecule has 4 heteroatoms. The van der Waals surface area contributed by atoms with E-state index in [2.05, 4.69) is 75.1 Å². The Hall–Kier alpha value is -2.50. The molecule has 2 atom stereocenters. The zero-order valence-corrected chi connectivity index (χ0v) is 23.8. The first-order valence-electron chi connectivity index (χ1n) is 13.5. The maximum atomic E-state index is 11.6. The van der Waals surface area contributed by atoms with Gasteiger partial charge in [-0.3, -0.25) is 0 Å². The third kappa shape index (κ3) is 7.29. The van der Waals surface area contributed by atoms with Gasteiger partial charge in [0.25, 0.3) is 0 Å². The Labute approximate surface area is 224 Å². The van der Waals surface area contributed by atoms with Crippen LogP contribution in [0.1, 0.15) is 42.6 Å². The molecule has 1 aliphatic carbocycles. The summed E-state index contributed by atoms with van der Waals surface area (Å²) in [5.74, 6) is 0.376. The molecule has 37 heavy (non-hydrogen) atoms. The molecule has 0 spiro atoms. The van der Waals surface area contributed by atoms with Gasteiger partial charge in [-0.25, -0.2) is 0 Å². The lowest BCUT2D eigenvalue weighted by Crippen LogP contribution is -2.32. The smallest absolute Gasteiger partial charge is 0.0968 e. The third-order valence-corrected chi connectivity index (χ3v) is 9.69. The minimum absolute atomic E-state index is 0.111. The lowest BCUT2D eigenvalue weighted by molar-refractivity contribution is -0.0304. The first-order chi connectivity index (χ1) is 17.8. The minimum Gasteiger partial charge on any atom is -0.384 e. The van der Waals surface area contributed by atoms with E-state index in [-0.39, 0.29) is 5.41 Å². The molecule has 4 rings (SSSR count). The Morgan fingerprint density at radius 2 is 1.27 bits per heavy atom. The van der Waals surface area contributed by atoms with Gasteiger partial charge in [-0.2, -0.15) is 0 Å². The van der Waals surface area contributed by atoms with Gasteiger partial charge < -0.3 is 14.6 Å².